The molecule has 3 rings (SSSR count). The van der Waals surface area contributed by atoms with Crippen molar-refractivity contribution < 1.29 is 4.79 Å². The minimum absolute atomic E-state index is 0.220. The highest BCUT2D eigenvalue weighted by atomic mass is 79.9. The molecule has 0 bridgehead atoms. The lowest BCUT2D eigenvalue weighted by atomic mass is 10.0. The number of benzene rings is 1. The van der Waals surface area contributed by atoms with Crippen molar-refractivity contribution in [2.24, 2.45) is 0 Å². The van der Waals surface area contributed by atoms with Gasteiger partial charge in [0.25, 0.3) is 0 Å². The van der Waals surface area contributed by atoms with Gasteiger partial charge in [-0.05, 0) is 52.5 Å². The first kappa shape index (κ1) is 13.3. The van der Waals surface area contributed by atoms with Gasteiger partial charge in [0.15, 0.2) is 0 Å². The Morgan fingerprint density at radius 2 is 1.95 bits per heavy atom. The molecule has 1 saturated heterocycles. The highest BCUT2D eigenvalue weighted by molar-refractivity contribution is 9.10. The van der Waals surface area contributed by atoms with Crippen LogP contribution >= 0.6 is 15.9 Å². The standard InChI is InChI=1S/C16H15BrN2O/c1-11-14(9-18-10-15(11)17)12-4-6-13(7-5-12)19-8-2-3-16(19)20/h4-7,9-10H,2-3,8H2,1H3. The van der Waals surface area contributed by atoms with Crippen LogP contribution in [0.4, 0.5) is 5.69 Å². The molecular weight excluding hydrogens is 316 g/mol. The van der Waals surface area contributed by atoms with Gasteiger partial charge in [-0.3, -0.25) is 9.78 Å². The summed E-state index contributed by atoms with van der Waals surface area (Å²) in [6.07, 6.45) is 5.29. The normalized spacial score (nSPS) is 14.9. The number of carbonyl (C=O) groups excluding carboxylic acids is 1. The molecule has 2 heterocycles. The average molecular weight is 331 g/mol. The molecule has 0 aliphatic carbocycles. The molecule has 0 saturated carbocycles. The summed E-state index contributed by atoms with van der Waals surface area (Å²) in [5, 5.41) is 0. The highest BCUT2D eigenvalue weighted by Gasteiger charge is 2.21. The first-order chi connectivity index (χ1) is 9.66. The maximum absolute atomic E-state index is 11.7. The molecule has 1 amide bonds. The summed E-state index contributed by atoms with van der Waals surface area (Å²) in [5.74, 6) is 0.220. The van der Waals surface area contributed by atoms with Crippen LogP contribution in [0.3, 0.4) is 0 Å². The van der Waals surface area contributed by atoms with E-state index in [9.17, 15) is 4.79 Å². The van der Waals surface area contributed by atoms with Crippen LogP contribution in [0.2, 0.25) is 0 Å². The van der Waals surface area contributed by atoms with E-state index in [1.807, 2.05) is 23.2 Å². The molecule has 0 radical (unpaired) electrons. The predicted octanol–water partition coefficient (Wildman–Crippen LogP) is 3.95. The van der Waals surface area contributed by atoms with Gasteiger partial charge in [-0.1, -0.05) is 12.1 Å². The number of halogens is 1. The summed E-state index contributed by atoms with van der Waals surface area (Å²) >= 11 is 3.50. The first-order valence-electron chi connectivity index (χ1n) is 6.68. The van der Waals surface area contributed by atoms with Crippen LogP contribution < -0.4 is 4.90 Å². The van der Waals surface area contributed by atoms with E-state index in [0.717, 1.165) is 34.3 Å². The monoisotopic (exact) mass is 330 g/mol. The van der Waals surface area contributed by atoms with Crippen LogP contribution in [0, 0.1) is 6.92 Å². The lowest BCUT2D eigenvalue weighted by molar-refractivity contribution is -0.117. The SMILES string of the molecule is Cc1c(Br)cncc1-c1ccc(N2CCCC2=O)cc1. The van der Waals surface area contributed by atoms with Gasteiger partial charge in [-0.15, -0.1) is 0 Å². The van der Waals surface area contributed by atoms with Gasteiger partial charge in [0, 0.05) is 41.1 Å². The fourth-order valence-electron chi connectivity index (χ4n) is 2.53. The van der Waals surface area contributed by atoms with Crippen LogP contribution in [0.15, 0.2) is 41.1 Å². The third kappa shape index (κ3) is 2.36. The fourth-order valence-corrected chi connectivity index (χ4v) is 2.86. The molecule has 1 aromatic carbocycles. The summed E-state index contributed by atoms with van der Waals surface area (Å²) in [6.45, 7) is 2.90. The molecule has 1 aliphatic rings. The quantitative estimate of drug-likeness (QED) is 0.835. The molecule has 102 valence electrons. The third-order valence-electron chi connectivity index (χ3n) is 3.72. The van der Waals surface area contributed by atoms with Crippen LogP contribution in [-0.2, 0) is 4.79 Å². The Morgan fingerprint density at radius 1 is 1.20 bits per heavy atom. The fraction of sp³-hybridized carbons (Fsp3) is 0.250. The lowest BCUT2D eigenvalue weighted by Gasteiger charge is -2.16. The third-order valence-corrected chi connectivity index (χ3v) is 4.52. The van der Waals surface area contributed by atoms with E-state index in [2.05, 4.69) is 40.0 Å². The van der Waals surface area contributed by atoms with Crippen molar-refractivity contribution in [3.05, 3.63) is 46.7 Å². The van der Waals surface area contributed by atoms with Gasteiger partial charge in [0.2, 0.25) is 5.91 Å². The number of carbonyl (C=O) groups is 1. The first-order valence-corrected chi connectivity index (χ1v) is 7.47. The highest BCUT2D eigenvalue weighted by Crippen LogP contribution is 2.30. The zero-order valence-electron chi connectivity index (χ0n) is 11.3. The summed E-state index contributed by atoms with van der Waals surface area (Å²) in [7, 11) is 0. The number of hydrogen-bond acceptors (Lipinski definition) is 2. The molecule has 0 spiro atoms. The molecule has 2 aromatic rings. The van der Waals surface area contributed by atoms with E-state index >= 15 is 0 Å². The minimum atomic E-state index is 0.220. The number of aromatic nitrogens is 1. The number of rotatable bonds is 2. The van der Waals surface area contributed by atoms with Crippen molar-refractivity contribution in [2.45, 2.75) is 19.8 Å². The van der Waals surface area contributed by atoms with Gasteiger partial charge in [-0.2, -0.15) is 0 Å². The van der Waals surface area contributed by atoms with Crippen LogP contribution in [0.25, 0.3) is 11.1 Å². The van der Waals surface area contributed by atoms with Crippen molar-refractivity contribution in [3.8, 4) is 11.1 Å². The second kappa shape index (κ2) is 5.37. The molecule has 4 heteroatoms. The Hall–Kier alpha value is -1.68. The molecule has 0 atom stereocenters. The Morgan fingerprint density at radius 3 is 2.60 bits per heavy atom. The molecular formula is C16H15BrN2O. The van der Waals surface area contributed by atoms with Crippen molar-refractivity contribution in [3.63, 3.8) is 0 Å². The Kier molecular flexibility index (Phi) is 3.57. The number of hydrogen-bond donors (Lipinski definition) is 0. The van der Waals surface area contributed by atoms with Gasteiger partial charge in [0.1, 0.15) is 0 Å². The van der Waals surface area contributed by atoms with Crippen molar-refractivity contribution in [2.75, 3.05) is 11.4 Å². The van der Waals surface area contributed by atoms with Gasteiger partial charge in [-0.25, -0.2) is 0 Å². The van der Waals surface area contributed by atoms with E-state index < -0.39 is 0 Å². The van der Waals surface area contributed by atoms with Crippen LogP contribution in [0.1, 0.15) is 18.4 Å². The second-order valence-corrected chi connectivity index (χ2v) is 5.84. The van der Waals surface area contributed by atoms with Crippen LogP contribution in [0.5, 0.6) is 0 Å². The Bertz CT molecular complexity index is 652. The Balaban J connectivity index is 1.93. The number of amides is 1. The maximum atomic E-state index is 11.7. The van der Waals surface area contributed by atoms with Gasteiger partial charge < -0.3 is 4.90 Å². The molecule has 1 aliphatic heterocycles. The molecule has 3 nitrogen and oxygen atoms in total. The summed E-state index contributed by atoms with van der Waals surface area (Å²) in [5.41, 5.74) is 4.38. The molecule has 20 heavy (non-hydrogen) atoms. The van der Waals surface area contributed by atoms with E-state index in [1.54, 1.807) is 6.20 Å². The maximum Gasteiger partial charge on any atom is 0.227 e. The van der Waals surface area contributed by atoms with Crippen molar-refractivity contribution in [1.29, 1.82) is 0 Å². The second-order valence-electron chi connectivity index (χ2n) is 4.99. The summed E-state index contributed by atoms with van der Waals surface area (Å²) in [6, 6.07) is 8.13. The number of anilines is 1. The minimum Gasteiger partial charge on any atom is -0.312 e. The van der Waals surface area contributed by atoms with Gasteiger partial charge in [0.05, 0.1) is 0 Å². The zero-order valence-corrected chi connectivity index (χ0v) is 12.9. The van der Waals surface area contributed by atoms with E-state index in [-0.39, 0.29) is 5.91 Å². The number of nitrogens with zero attached hydrogens (tertiary/aromatic N) is 2. The lowest BCUT2D eigenvalue weighted by Crippen LogP contribution is -2.23. The molecule has 0 unspecified atom stereocenters. The van der Waals surface area contributed by atoms with E-state index in [0.29, 0.717) is 6.42 Å². The van der Waals surface area contributed by atoms with Crippen LogP contribution in [-0.4, -0.2) is 17.4 Å². The Labute approximate surface area is 126 Å². The smallest absolute Gasteiger partial charge is 0.227 e. The van der Waals surface area contributed by atoms with Gasteiger partial charge >= 0.3 is 0 Å². The topological polar surface area (TPSA) is 33.2 Å². The van der Waals surface area contributed by atoms with Crippen molar-refractivity contribution in [1.82, 2.24) is 4.98 Å². The zero-order chi connectivity index (χ0) is 14.1. The predicted molar refractivity (Wildman–Crippen MR) is 83.7 cm³/mol. The average Bonchev–Trinajstić information content (AvgIpc) is 2.88. The summed E-state index contributed by atoms with van der Waals surface area (Å²) in [4.78, 5) is 17.8. The summed E-state index contributed by atoms with van der Waals surface area (Å²) < 4.78 is 1.01. The van der Waals surface area contributed by atoms with E-state index in [4.69, 9.17) is 0 Å². The number of pyridine rings is 1. The van der Waals surface area contributed by atoms with Crippen molar-refractivity contribution >= 4 is 27.5 Å². The largest absolute Gasteiger partial charge is 0.312 e. The molecule has 0 N–H and O–H groups in total. The molecule has 1 fully saturated rings. The molecule has 1 aromatic heterocycles. The van der Waals surface area contributed by atoms with E-state index in [1.165, 1.54) is 5.56 Å².